The Labute approximate surface area is 208 Å². The Morgan fingerprint density at radius 3 is 2.31 bits per heavy atom. The lowest BCUT2D eigenvalue weighted by Crippen LogP contribution is -2.12. The molecule has 0 radical (unpaired) electrons. The summed E-state index contributed by atoms with van der Waals surface area (Å²) in [5.74, 6) is 1.20. The minimum Gasteiger partial charge on any atom is -0.508 e. The van der Waals surface area contributed by atoms with Crippen LogP contribution in [0.25, 0.3) is 0 Å². The summed E-state index contributed by atoms with van der Waals surface area (Å²) in [4.78, 5) is 6.09. The molecule has 1 heterocycles. The number of aromatic hydroxyl groups is 2. The van der Waals surface area contributed by atoms with E-state index in [1.165, 1.54) is 0 Å². The molecule has 5 nitrogen and oxygen atoms in total. The fourth-order valence-corrected chi connectivity index (χ4v) is 5.21. The van der Waals surface area contributed by atoms with Crippen LogP contribution in [-0.2, 0) is 0 Å². The third kappa shape index (κ3) is 4.88. The molecule has 4 aromatic rings. The summed E-state index contributed by atoms with van der Waals surface area (Å²) in [6.45, 7) is 0. The van der Waals surface area contributed by atoms with E-state index in [-0.39, 0.29) is 16.7 Å². The second-order valence-electron chi connectivity index (χ2n) is 8.00. The Hall–Kier alpha value is -4.16. The van der Waals surface area contributed by atoms with Crippen molar-refractivity contribution in [3.8, 4) is 17.2 Å². The van der Waals surface area contributed by atoms with Gasteiger partial charge < -0.3 is 20.3 Å². The number of benzene rings is 4. The zero-order valence-corrected chi connectivity index (χ0v) is 19.9. The van der Waals surface area contributed by atoms with Gasteiger partial charge in [0.15, 0.2) is 0 Å². The van der Waals surface area contributed by atoms with Crippen LogP contribution in [0.3, 0.4) is 0 Å². The molecule has 0 fully saturated rings. The van der Waals surface area contributed by atoms with Gasteiger partial charge in [0.2, 0.25) is 0 Å². The molecule has 4 aromatic carbocycles. The second kappa shape index (κ2) is 9.99. The van der Waals surface area contributed by atoms with Gasteiger partial charge in [-0.2, -0.15) is 0 Å². The molecule has 1 aliphatic rings. The van der Waals surface area contributed by atoms with Crippen LogP contribution in [0.2, 0.25) is 0 Å². The first-order valence-electron chi connectivity index (χ1n) is 11.1. The predicted molar refractivity (Wildman–Crippen MR) is 142 cm³/mol. The summed E-state index contributed by atoms with van der Waals surface area (Å²) < 4.78 is 5.27. The van der Waals surface area contributed by atoms with Crippen LogP contribution in [0.4, 0.5) is 11.4 Å². The molecule has 5 rings (SSSR count). The molecule has 0 bridgehead atoms. The van der Waals surface area contributed by atoms with Gasteiger partial charge in [-0.05, 0) is 66.7 Å². The Morgan fingerprint density at radius 2 is 1.57 bits per heavy atom. The lowest BCUT2D eigenvalue weighted by Gasteiger charge is -2.21. The van der Waals surface area contributed by atoms with E-state index in [1.807, 2.05) is 85.1 Å². The monoisotopic (exact) mass is 480 g/mol. The third-order valence-electron chi connectivity index (χ3n) is 5.74. The van der Waals surface area contributed by atoms with Crippen molar-refractivity contribution >= 4 is 28.8 Å². The number of rotatable bonds is 5. The molecule has 0 saturated carbocycles. The summed E-state index contributed by atoms with van der Waals surface area (Å²) >= 11 is 1.64. The number of phenols is 2. The van der Waals surface area contributed by atoms with Gasteiger partial charge in [-0.1, -0.05) is 30.3 Å². The second-order valence-corrected chi connectivity index (χ2v) is 9.15. The van der Waals surface area contributed by atoms with E-state index in [1.54, 1.807) is 37.1 Å². The number of fused-ring (bicyclic) bond motifs is 1. The average Bonchev–Trinajstić information content (AvgIpc) is 3.05. The van der Waals surface area contributed by atoms with Crippen molar-refractivity contribution in [1.29, 1.82) is 0 Å². The van der Waals surface area contributed by atoms with Crippen molar-refractivity contribution in [2.24, 2.45) is 4.99 Å². The van der Waals surface area contributed by atoms with Gasteiger partial charge in [0, 0.05) is 33.5 Å². The number of aliphatic imine (C=N–C) groups is 1. The minimum atomic E-state index is -0.238. The van der Waals surface area contributed by atoms with Crippen molar-refractivity contribution in [3.63, 3.8) is 0 Å². The number of hydrogen-bond acceptors (Lipinski definition) is 6. The predicted octanol–water partition coefficient (Wildman–Crippen LogP) is 7.07. The molecule has 0 aromatic heterocycles. The third-order valence-corrected chi connectivity index (χ3v) is 7.09. The highest BCUT2D eigenvalue weighted by atomic mass is 32.2. The summed E-state index contributed by atoms with van der Waals surface area (Å²) in [5.41, 5.74) is 5.07. The van der Waals surface area contributed by atoms with Crippen LogP contribution >= 0.6 is 11.8 Å². The molecule has 0 saturated heterocycles. The highest BCUT2D eigenvalue weighted by molar-refractivity contribution is 8.00. The molecule has 35 heavy (non-hydrogen) atoms. The van der Waals surface area contributed by atoms with Gasteiger partial charge in [0.05, 0.1) is 23.8 Å². The van der Waals surface area contributed by atoms with Gasteiger partial charge in [-0.3, -0.25) is 0 Å². The van der Waals surface area contributed by atoms with Gasteiger partial charge in [0.25, 0.3) is 0 Å². The van der Waals surface area contributed by atoms with Crippen LogP contribution in [0.1, 0.15) is 16.4 Å². The van der Waals surface area contributed by atoms with E-state index in [4.69, 9.17) is 9.73 Å². The summed E-state index contributed by atoms with van der Waals surface area (Å²) in [7, 11) is 1.64. The quantitative estimate of drug-likeness (QED) is 0.285. The molecule has 0 aliphatic carbocycles. The number of nitrogens with zero attached hydrogens (tertiary/aromatic N) is 1. The molecule has 174 valence electrons. The average molecular weight is 481 g/mol. The SMILES string of the molecule is COc1ccc(N/C=C2\C(c3ccc(O)cc3)=Nc3ccccc3SC2c2ccccc2O)cc1. The number of hydrogen-bond donors (Lipinski definition) is 3. The maximum atomic E-state index is 10.8. The van der Waals surface area contributed by atoms with E-state index in [0.29, 0.717) is 0 Å². The minimum absolute atomic E-state index is 0.192. The van der Waals surface area contributed by atoms with E-state index in [0.717, 1.165) is 44.4 Å². The first-order chi connectivity index (χ1) is 17.1. The van der Waals surface area contributed by atoms with E-state index < -0.39 is 0 Å². The van der Waals surface area contributed by atoms with Crippen molar-refractivity contribution in [1.82, 2.24) is 0 Å². The molecule has 0 spiro atoms. The molecule has 0 amide bonds. The zero-order chi connectivity index (χ0) is 24.2. The smallest absolute Gasteiger partial charge is 0.120 e. The largest absolute Gasteiger partial charge is 0.508 e. The number of para-hydroxylation sites is 2. The van der Waals surface area contributed by atoms with Crippen molar-refractivity contribution in [2.45, 2.75) is 10.1 Å². The van der Waals surface area contributed by atoms with Gasteiger partial charge in [-0.15, -0.1) is 11.8 Å². The Bertz CT molecular complexity index is 1400. The molecule has 1 atom stereocenters. The van der Waals surface area contributed by atoms with Crippen LogP contribution in [0.5, 0.6) is 17.2 Å². The zero-order valence-electron chi connectivity index (χ0n) is 19.1. The van der Waals surface area contributed by atoms with E-state index in [2.05, 4.69) is 5.32 Å². The maximum Gasteiger partial charge on any atom is 0.120 e. The molecule has 1 unspecified atom stereocenters. The Balaban J connectivity index is 1.68. The molecule has 1 aliphatic heterocycles. The Morgan fingerprint density at radius 1 is 0.857 bits per heavy atom. The lowest BCUT2D eigenvalue weighted by molar-refractivity contribution is 0.415. The Kier molecular flexibility index (Phi) is 6.46. The first-order valence-corrected chi connectivity index (χ1v) is 12.0. The molecule has 6 heteroatoms. The highest BCUT2D eigenvalue weighted by Crippen LogP contribution is 2.50. The number of thioether (sulfide) groups is 1. The number of anilines is 1. The van der Waals surface area contributed by atoms with Crippen molar-refractivity contribution in [3.05, 3.63) is 120 Å². The van der Waals surface area contributed by atoms with Crippen molar-refractivity contribution < 1.29 is 14.9 Å². The fraction of sp³-hybridized carbons (Fsp3) is 0.0690. The maximum absolute atomic E-state index is 10.8. The summed E-state index contributed by atoms with van der Waals surface area (Å²) in [5, 5.41) is 23.9. The van der Waals surface area contributed by atoms with Gasteiger partial charge in [0.1, 0.15) is 17.2 Å². The standard InChI is InChI=1S/C29H24N2O3S/c1-34-22-16-12-20(13-17-22)30-18-24-28(19-10-14-21(32)15-11-19)31-25-7-3-5-9-27(25)35-29(24)23-6-2-4-8-26(23)33/h2-18,29-30,32-33H,1H3/b24-18+. The number of nitrogens with one attached hydrogen (secondary N) is 1. The normalized spacial score (nSPS) is 16.2. The van der Waals surface area contributed by atoms with E-state index >= 15 is 0 Å². The van der Waals surface area contributed by atoms with Crippen LogP contribution < -0.4 is 10.1 Å². The summed E-state index contributed by atoms with van der Waals surface area (Å²) in [6.07, 6.45) is 1.95. The summed E-state index contributed by atoms with van der Waals surface area (Å²) in [6, 6.07) is 30.1. The van der Waals surface area contributed by atoms with E-state index in [9.17, 15) is 10.2 Å². The molecular formula is C29H24N2O3S. The van der Waals surface area contributed by atoms with Crippen molar-refractivity contribution in [2.75, 3.05) is 12.4 Å². The lowest BCUT2D eigenvalue weighted by atomic mass is 9.95. The number of methoxy groups -OCH3 is 1. The topological polar surface area (TPSA) is 74.1 Å². The van der Waals surface area contributed by atoms with Crippen LogP contribution in [0, 0.1) is 0 Å². The van der Waals surface area contributed by atoms with Crippen LogP contribution in [-0.4, -0.2) is 23.0 Å². The fourth-order valence-electron chi connectivity index (χ4n) is 3.93. The first kappa shape index (κ1) is 22.6. The molecular weight excluding hydrogens is 456 g/mol. The van der Waals surface area contributed by atoms with Gasteiger partial charge >= 0.3 is 0 Å². The number of ether oxygens (including phenoxy) is 1. The highest BCUT2D eigenvalue weighted by Gasteiger charge is 2.29. The number of phenolic OH excluding ortho intramolecular Hbond substituents is 2. The van der Waals surface area contributed by atoms with Crippen LogP contribution in [0.15, 0.2) is 119 Å². The van der Waals surface area contributed by atoms with Gasteiger partial charge in [-0.25, -0.2) is 4.99 Å². The molecule has 3 N–H and O–H groups in total.